The van der Waals surface area contributed by atoms with Crippen molar-refractivity contribution in [1.82, 2.24) is 20.0 Å². The third kappa shape index (κ3) is 3.68. The van der Waals surface area contributed by atoms with Crippen LogP contribution in [0.1, 0.15) is 29.7 Å². The molecule has 2 aromatic heterocycles. The molecule has 5 rings (SSSR count). The summed E-state index contributed by atoms with van der Waals surface area (Å²) in [7, 11) is 0. The van der Waals surface area contributed by atoms with Gasteiger partial charge in [0.15, 0.2) is 0 Å². The van der Waals surface area contributed by atoms with E-state index in [0.29, 0.717) is 29.2 Å². The van der Waals surface area contributed by atoms with Crippen molar-refractivity contribution >= 4 is 33.2 Å². The molecule has 0 amide bonds. The van der Waals surface area contributed by atoms with Crippen LogP contribution in [0, 0.1) is 0 Å². The largest absolute Gasteiger partial charge is 0.338 e. The van der Waals surface area contributed by atoms with E-state index in [9.17, 15) is 0 Å². The Hall–Kier alpha value is -2.28. The average molecular weight is 411 g/mol. The number of hydrogen-bond donors (Lipinski definition) is 0. The lowest BCUT2D eigenvalue weighted by atomic mass is 9.97. The molecule has 7 heteroatoms. The Balaban J connectivity index is 1.21. The molecule has 4 aromatic rings. The number of halogens is 1. The maximum absolute atomic E-state index is 5.94. The molecule has 0 bridgehead atoms. The van der Waals surface area contributed by atoms with Crippen LogP contribution < -0.4 is 0 Å². The van der Waals surface area contributed by atoms with Gasteiger partial charge in [-0.1, -0.05) is 28.9 Å². The Labute approximate surface area is 172 Å². The average Bonchev–Trinajstić information content (AvgIpc) is 3.36. The Bertz CT molecular complexity index is 1050. The molecule has 1 aliphatic rings. The van der Waals surface area contributed by atoms with E-state index in [-0.39, 0.29) is 0 Å². The zero-order chi connectivity index (χ0) is 18.9. The Morgan fingerprint density at radius 2 is 1.82 bits per heavy atom. The highest BCUT2D eigenvalue weighted by Crippen LogP contribution is 2.34. The summed E-state index contributed by atoms with van der Waals surface area (Å²) in [6.45, 7) is 2.71. The summed E-state index contributed by atoms with van der Waals surface area (Å²) in [5.74, 6) is 1.81. The number of hydrogen-bond acceptors (Lipinski definition) is 6. The monoisotopic (exact) mass is 410 g/mol. The van der Waals surface area contributed by atoms with E-state index in [2.05, 4.69) is 39.3 Å². The third-order valence-electron chi connectivity index (χ3n) is 5.18. The van der Waals surface area contributed by atoms with Gasteiger partial charge in [0.05, 0.1) is 21.8 Å². The lowest BCUT2D eigenvalue weighted by Crippen LogP contribution is -2.32. The molecular weight excluding hydrogens is 392 g/mol. The fourth-order valence-electron chi connectivity index (χ4n) is 3.63. The van der Waals surface area contributed by atoms with Gasteiger partial charge in [-0.3, -0.25) is 4.90 Å². The van der Waals surface area contributed by atoms with E-state index in [4.69, 9.17) is 21.1 Å². The highest BCUT2D eigenvalue weighted by Gasteiger charge is 2.24. The predicted octanol–water partition coefficient (Wildman–Crippen LogP) is 5.38. The quantitative estimate of drug-likeness (QED) is 0.452. The first-order chi connectivity index (χ1) is 13.7. The molecule has 3 heterocycles. The Morgan fingerprint density at radius 1 is 1.04 bits per heavy atom. The molecular formula is C21H19ClN4OS. The summed E-state index contributed by atoms with van der Waals surface area (Å²) in [5.41, 5.74) is 2.03. The van der Waals surface area contributed by atoms with E-state index in [1.165, 1.54) is 9.71 Å². The van der Waals surface area contributed by atoms with Crippen LogP contribution in [0.2, 0.25) is 5.02 Å². The summed E-state index contributed by atoms with van der Waals surface area (Å²) in [4.78, 5) is 11.8. The number of likely N-dealkylation sites (tertiary alicyclic amines) is 1. The summed E-state index contributed by atoms with van der Waals surface area (Å²) >= 11 is 7.77. The molecule has 0 radical (unpaired) electrons. The van der Waals surface area contributed by atoms with Gasteiger partial charge >= 0.3 is 0 Å². The van der Waals surface area contributed by atoms with Crippen molar-refractivity contribution < 1.29 is 4.52 Å². The number of benzene rings is 2. The Morgan fingerprint density at radius 3 is 2.61 bits per heavy atom. The van der Waals surface area contributed by atoms with Crippen LogP contribution in [-0.2, 0) is 6.54 Å². The van der Waals surface area contributed by atoms with E-state index in [0.717, 1.165) is 37.0 Å². The van der Waals surface area contributed by atoms with Crippen LogP contribution in [0.15, 0.2) is 53.1 Å². The van der Waals surface area contributed by atoms with Gasteiger partial charge in [-0.05, 0) is 62.3 Å². The van der Waals surface area contributed by atoms with Crippen LogP contribution in [0.5, 0.6) is 0 Å². The minimum atomic E-state index is 0.543. The van der Waals surface area contributed by atoms with Crippen LogP contribution in [-0.4, -0.2) is 33.1 Å². The molecule has 0 N–H and O–H groups in total. The zero-order valence-corrected chi connectivity index (χ0v) is 16.8. The predicted molar refractivity (Wildman–Crippen MR) is 112 cm³/mol. The van der Waals surface area contributed by atoms with Crippen molar-refractivity contribution in [3.05, 3.63) is 64.5 Å². The molecule has 1 fully saturated rings. The normalized spacial score (nSPS) is 16.0. The number of aromatic nitrogens is 3. The van der Waals surface area contributed by atoms with E-state index in [1.54, 1.807) is 0 Å². The Kier molecular flexibility index (Phi) is 4.84. The summed E-state index contributed by atoms with van der Waals surface area (Å²) in [6.07, 6.45) is 2.22. The van der Waals surface area contributed by atoms with Crippen LogP contribution in [0.3, 0.4) is 0 Å². The second-order valence-electron chi connectivity index (χ2n) is 7.09. The first-order valence-electron chi connectivity index (χ1n) is 9.41. The molecule has 0 unspecified atom stereocenters. The fourth-order valence-corrected chi connectivity index (χ4v) is 4.89. The number of piperidine rings is 1. The fraction of sp³-hybridized carbons (Fsp3) is 0.286. The van der Waals surface area contributed by atoms with E-state index >= 15 is 0 Å². The molecule has 0 atom stereocenters. The van der Waals surface area contributed by atoms with E-state index in [1.807, 2.05) is 35.6 Å². The third-order valence-corrected chi connectivity index (χ3v) is 6.63. The number of thiazole rings is 1. The maximum atomic E-state index is 5.94. The number of para-hydroxylation sites is 1. The lowest BCUT2D eigenvalue weighted by molar-refractivity contribution is 0.181. The van der Waals surface area contributed by atoms with Crippen molar-refractivity contribution in [3.8, 4) is 11.4 Å². The topological polar surface area (TPSA) is 55.1 Å². The molecule has 2 aromatic carbocycles. The van der Waals surface area contributed by atoms with Crippen LogP contribution in [0.25, 0.3) is 21.6 Å². The standard InChI is InChI=1S/C21H19ClN4OS/c22-16-7-5-14(6-8-16)20-24-19(27-25-20)13-26-11-9-15(10-12-26)21-23-17-3-1-2-4-18(17)28-21/h1-8,15H,9-13H2. The number of fused-ring (bicyclic) bond motifs is 1. The van der Waals surface area contributed by atoms with Crippen molar-refractivity contribution in [2.75, 3.05) is 13.1 Å². The zero-order valence-electron chi connectivity index (χ0n) is 15.2. The minimum absolute atomic E-state index is 0.543. The molecule has 1 aliphatic heterocycles. The summed E-state index contributed by atoms with van der Waals surface area (Å²) < 4.78 is 6.74. The molecule has 5 nitrogen and oxygen atoms in total. The van der Waals surface area contributed by atoms with Gasteiger partial charge in [0.1, 0.15) is 0 Å². The van der Waals surface area contributed by atoms with Gasteiger partial charge < -0.3 is 4.52 Å². The second kappa shape index (κ2) is 7.62. The van der Waals surface area contributed by atoms with Gasteiger partial charge in [0.2, 0.25) is 11.7 Å². The molecule has 1 saturated heterocycles. The molecule has 0 spiro atoms. The number of nitrogens with zero attached hydrogens (tertiary/aromatic N) is 4. The van der Waals surface area contributed by atoms with Gasteiger partial charge in [-0.15, -0.1) is 11.3 Å². The van der Waals surface area contributed by atoms with Crippen LogP contribution in [0.4, 0.5) is 0 Å². The number of rotatable bonds is 4. The van der Waals surface area contributed by atoms with Crippen molar-refractivity contribution in [2.24, 2.45) is 0 Å². The second-order valence-corrected chi connectivity index (χ2v) is 8.59. The van der Waals surface area contributed by atoms with Crippen molar-refractivity contribution in [3.63, 3.8) is 0 Å². The molecule has 0 saturated carbocycles. The maximum Gasteiger partial charge on any atom is 0.241 e. The van der Waals surface area contributed by atoms with Crippen molar-refractivity contribution in [1.29, 1.82) is 0 Å². The van der Waals surface area contributed by atoms with Gasteiger partial charge in [-0.2, -0.15) is 4.98 Å². The first kappa shape index (κ1) is 17.8. The van der Waals surface area contributed by atoms with Gasteiger partial charge in [0, 0.05) is 16.5 Å². The highest BCUT2D eigenvalue weighted by atomic mass is 35.5. The SMILES string of the molecule is Clc1ccc(-c2noc(CN3CCC(c4nc5ccccc5s4)CC3)n2)cc1. The van der Waals surface area contributed by atoms with Gasteiger partial charge in [0.25, 0.3) is 0 Å². The molecule has 142 valence electrons. The minimum Gasteiger partial charge on any atom is -0.338 e. The van der Waals surface area contributed by atoms with Crippen LogP contribution >= 0.6 is 22.9 Å². The smallest absolute Gasteiger partial charge is 0.241 e. The van der Waals surface area contributed by atoms with E-state index < -0.39 is 0 Å². The van der Waals surface area contributed by atoms with Gasteiger partial charge in [-0.25, -0.2) is 4.98 Å². The first-order valence-corrected chi connectivity index (χ1v) is 10.6. The summed E-state index contributed by atoms with van der Waals surface area (Å²) in [6, 6.07) is 15.9. The van der Waals surface area contributed by atoms with Crippen molar-refractivity contribution in [2.45, 2.75) is 25.3 Å². The lowest BCUT2D eigenvalue weighted by Gasteiger charge is -2.29. The summed E-state index contributed by atoms with van der Waals surface area (Å²) in [5, 5.41) is 6.07. The molecule has 28 heavy (non-hydrogen) atoms. The molecule has 0 aliphatic carbocycles. The highest BCUT2D eigenvalue weighted by molar-refractivity contribution is 7.18.